The van der Waals surface area contributed by atoms with Crippen molar-refractivity contribution in [1.29, 1.82) is 0 Å². The van der Waals surface area contributed by atoms with E-state index in [1.165, 1.54) is 0 Å². The summed E-state index contributed by atoms with van der Waals surface area (Å²) in [7, 11) is 0. The molecule has 11 heavy (non-hydrogen) atoms. The van der Waals surface area contributed by atoms with Crippen molar-refractivity contribution in [2.75, 3.05) is 13.1 Å². The van der Waals surface area contributed by atoms with Crippen LogP contribution in [0, 0.1) is 0 Å². The third-order valence-corrected chi connectivity index (χ3v) is 2.13. The molecule has 0 aromatic heterocycles. The summed E-state index contributed by atoms with van der Waals surface area (Å²) in [5.41, 5.74) is 0. The van der Waals surface area contributed by atoms with E-state index in [-0.39, 0.29) is 6.03 Å². The van der Waals surface area contributed by atoms with Crippen LogP contribution in [0.25, 0.3) is 0 Å². The SMILES string of the molecule is CCC(C)NC(=O)N1CCC1. The maximum absolute atomic E-state index is 11.2. The molecule has 1 aliphatic rings. The van der Waals surface area contributed by atoms with Crippen LogP contribution in [-0.2, 0) is 0 Å². The molecule has 64 valence electrons. The first kappa shape index (κ1) is 8.37. The topological polar surface area (TPSA) is 32.3 Å². The average molecular weight is 156 g/mol. The van der Waals surface area contributed by atoms with Crippen LogP contribution in [0.15, 0.2) is 0 Å². The highest BCUT2D eigenvalue weighted by molar-refractivity contribution is 5.75. The summed E-state index contributed by atoms with van der Waals surface area (Å²) in [6.45, 7) is 5.96. The Hall–Kier alpha value is -0.730. The van der Waals surface area contributed by atoms with Crippen LogP contribution in [-0.4, -0.2) is 30.1 Å². The molecular formula is C8H16N2O. The molecule has 1 unspecified atom stereocenters. The lowest BCUT2D eigenvalue weighted by Gasteiger charge is -2.31. The van der Waals surface area contributed by atoms with Gasteiger partial charge in [0.1, 0.15) is 0 Å². The van der Waals surface area contributed by atoms with Gasteiger partial charge in [0, 0.05) is 19.1 Å². The molecule has 0 aromatic carbocycles. The summed E-state index contributed by atoms with van der Waals surface area (Å²) in [6, 6.07) is 0.411. The monoisotopic (exact) mass is 156 g/mol. The van der Waals surface area contributed by atoms with Crippen LogP contribution in [0.5, 0.6) is 0 Å². The van der Waals surface area contributed by atoms with Crippen molar-refractivity contribution < 1.29 is 4.79 Å². The molecule has 1 heterocycles. The molecule has 2 amide bonds. The number of rotatable bonds is 2. The zero-order valence-corrected chi connectivity index (χ0v) is 7.26. The maximum Gasteiger partial charge on any atom is 0.317 e. The zero-order chi connectivity index (χ0) is 8.27. The van der Waals surface area contributed by atoms with Gasteiger partial charge < -0.3 is 10.2 Å². The quantitative estimate of drug-likeness (QED) is 0.640. The zero-order valence-electron chi connectivity index (χ0n) is 7.26. The maximum atomic E-state index is 11.2. The Morgan fingerprint density at radius 2 is 2.27 bits per heavy atom. The molecule has 1 saturated heterocycles. The minimum Gasteiger partial charge on any atom is -0.336 e. The first-order valence-electron chi connectivity index (χ1n) is 4.29. The van der Waals surface area contributed by atoms with E-state index in [0.29, 0.717) is 6.04 Å². The number of amides is 2. The first-order chi connectivity index (χ1) is 5.24. The highest BCUT2D eigenvalue weighted by atomic mass is 16.2. The van der Waals surface area contributed by atoms with Gasteiger partial charge in [-0.1, -0.05) is 6.92 Å². The molecule has 0 radical (unpaired) electrons. The normalized spacial score (nSPS) is 18.9. The van der Waals surface area contributed by atoms with E-state index in [0.717, 1.165) is 25.9 Å². The van der Waals surface area contributed by atoms with Crippen LogP contribution >= 0.6 is 0 Å². The van der Waals surface area contributed by atoms with Crippen molar-refractivity contribution in [3.63, 3.8) is 0 Å². The lowest BCUT2D eigenvalue weighted by atomic mass is 10.2. The van der Waals surface area contributed by atoms with Gasteiger partial charge in [0.15, 0.2) is 0 Å². The second kappa shape index (κ2) is 3.60. The average Bonchev–Trinajstić information content (AvgIpc) is 1.83. The third-order valence-electron chi connectivity index (χ3n) is 2.13. The number of likely N-dealkylation sites (tertiary alicyclic amines) is 1. The van der Waals surface area contributed by atoms with Crippen molar-refractivity contribution >= 4 is 6.03 Å². The van der Waals surface area contributed by atoms with E-state index in [1.807, 2.05) is 11.8 Å². The highest BCUT2D eigenvalue weighted by Crippen LogP contribution is 2.05. The van der Waals surface area contributed by atoms with E-state index >= 15 is 0 Å². The number of urea groups is 1. The van der Waals surface area contributed by atoms with E-state index in [4.69, 9.17) is 0 Å². The number of hydrogen-bond acceptors (Lipinski definition) is 1. The number of carbonyl (C=O) groups excluding carboxylic acids is 1. The molecule has 0 aromatic rings. The summed E-state index contributed by atoms with van der Waals surface area (Å²) >= 11 is 0. The van der Waals surface area contributed by atoms with Crippen molar-refractivity contribution in [2.45, 2.75) is 32.7 Å². The van der Waals surface area contributed by atoms with Gasteiger partial charge in [0.05, 0.1) is 0 Å². The molecule has 0 spiro atoms. The number of nitrogens with one attached hydrogen (secondary N) is 1. The molecule has 0 aliphatic carbocycles. The van der Waals surface area contributed by atoms with Gasteiger partial charge in [-0.05, 0) is 19.8 Å². The largest absolute Gasteiger partial charge is 0.336 e. The lowest BCUT2D eigenvalue weighted by molar-refractivity contribution is 0.164. The van der Waals surface area contributed by atoms with E-state index in [9.17, 15) is 4.79 Å². The Morgan fingerprint density at radius 3 is 2.64 bits per heavy atom. The molecule has 1 fully saturated rings. The molecular weight excluding hydrogens is 140 g/mol. The summed E-state index contributed by atoms with van der Waals surface area (Å²) in [4.78, 5) is 13.0. The molecule has 1 atom stereocenters. The minimum atomic E-state index is 0.102. The van der Waals surface area contributed by atoms with Crippen molar-refractivity contribution in [3.8, 4) is 0 Å². The van der Waals surface area contributed by atoms with Gasteiger partial charge in [-0.25, -0.2) is 4.79 Å². The van der Waals surface area contributed by atoms with E-state index < -0.39 is 0 Å². The van der Waals surface area contributed by atoms with Gasteiger partial charge in [0.2, 0.25) is 0 Å². The predicted molar refractivity (Wildman–Crippen MR) is 44.5 cm³/mol. The highest BCUT2D eigenvalue weighted by Gasteiger charge is 2.20. The fourth-order valence-corrected chi connectivity index (χ4v) is 0.923. The second-order valence-corrected chi connectivity index (χ2v) is 3.10. The number of nitrogens with zero attached hydrogens (tertiary/aromatic N) is 1. The Bertz CT molecular complexity index is 143. The predicted octanol–water partition coefficient (Wildman–Crippen LogP) is 1.20. The Balaban J connectivity index is 2.19. The van der Waals surface area contributed by atoms with Crippen molar-refractivity contribution in [3.05, 3.63) is 0 Å². The van der Waals surface area contributed by atoms with E-state index in [2.05, 4.69) is 12.2 Å². The summed E-state index contributed by atoms with van der Waals surface area (Å²) in [6.07, 6.45) is 2.16. The summed E-state index contributed by atoms with van der Waals surface area (Å²) in [5, 5.41) is 2.92. The first-order valence-corrected chi connectivity index (χ1v) is 4.29. The van der Waals surface area contributed by atoms with Crippen molar-refractivity contribution in [2.24, 2.45) is 0 Å². The lowest BCUT2D eigenvalue weighted by Crippen LogP contribution is -2.49. The molecule has 1 N–H and O–H groups in total. The van der Waals surface area contributed by atoms with Gasteiger partial charge in [-0.3, -0.25) is 0 Å². The van der Waals surface area contributed by atoms with Gasteiger partial charge >= 0.3 is 6.03 Å². The van der Waals surface area contributed by atoms with Gasteiger partial charge in [-0.2, -0.15) is 0 Å². The molecule has 0 bridgehead atoms. The minimum absolute atomic E-state index is 0.102. The Morgan fingerprint density at radius 1 is 1.64 bits per heavy atom. The van der Waals surface area contributed by atoms with Crippen LogP contribution < -0.4 is 5.32 Å². The van der Waals surface area contributed by atoms with Crippen molar-refractivity contribution in [1.82, 2.24) is 10.2 Å². The molecule has 0 saturated carbocycles. The smallest absolute Gasteiger partial charge is 0.317 e. The standard InChI is InChI=1S/C8H16N2O/c1-3-7(2)9-8(11)10-5-4-6-10/h7H,3-6H2,1-2H3,(H,9,11). The summed E-state index contributed by atoms with van der Waals surface area (Å²) < 4.78 is 0. The molecule has 3 heteroatoms. The second-order valence-electron chi connectivity index (χ2n) is 3.10. The van der Waals surface area contributed by atoms with Gasteiger partial charge in [-0.15, -0.1) is 0 Å². The van der Waals surface area contributed by atoms with Crippen LogP contribution in [0.1, 0.15) is 26.7 Å². The van der Waals surface area contributed by atoms with Crippen LogP contribution in [0.2, 0.25) is 0 Å². The molecule has 1 rings (SSSR count). The summed E-state index contributed by atoms with van der Waals surface area (Å²) in [5.74, 6) is 0. The fourth-order valence-electron chi connectivity index (χ4n) is 0.923. The van der Waals surface area contributed by atoms with E-state index in [1.54, 1.807) is 0 Å². The third kappa shape index (κ3) is 2.10. The van der Waals surface area contributed by atoms with Gasteiger partial charge in [0.25, 0.3) is 0 Å². The molecule has 3 nitrogen and oxygen atoms in total. The number of hydrogen-bond donors (Lipinski definition) is 1. The molecule has 1 aliphatic heterocycles. The fraction of sp³-hybridized carbons (Fsp3) is 0.875. The number of carbonyl (C=O) groups is 1. The Labute approximate surface area is 67.8 Å². The Kier molecular flexibility index (Phi) is 2.74. The van der Waals surface area contributed by atoms with Crippen LogP contribution in [0.3, 0.4) is 0 Å². The van der Waals surface area contributed by atoms with Crippen LogP contribution in [0.4, 0.5) is 4.79 Å².